The number of nitro groups is 1. The van der Waals surface area contributed by atoms with Gasteiger partial charge < -0.3 is 10.1 Å². The highest BCUT2D eigenvalue weighted by molar-refractivity contribution is 5.88. The van der Waals surface area contributed by atoms with Gasteiger partial charge in [-0.05, 0) is 13.0 Å². The summed E-state index contributed by atoms with van der Waals surface area (Å²) in [5, 5.41) is 13.4. The first kappa shape index (κ1) is 15.2. The quantitative estimate of drug-likeness (QED) is 0.487. The Bertz CT molecular complexity index is 771. The second-order valence-corrected chi connectivity index (χ2v) is 4.13. The summed E-state index contributed by atoms with van der Waals surface area (Å²) in [7, 11) is 0. The van der Waals surface area contributed by atoms with Crippen LogP contribution in [0.25, 0.3) is 0 Å². The molecule has 0 radical (unpaired) electrons. The van der Waals surface area contributed by atoms with Crippen molar-refractivity contribution < 1.29 is 14.5 Å². The van der Waals surface area contributed by atoms with Crippen molar-refractivity contribution >= 4 is 23.3 Å². The second-order valence-electron chi connectivity index (χ2n) is 4.13. The monoisotopic (exact) mass is 304 g/mol. The molecule has 9 heteroatoms. The third-order valence-corrected chi connectivity index (χ3v) is 2.61. The molecule has 0 bridgehead atoms. The highest BCUT2D eigenvalue weighted by Crippen LogP contribution is 2.19. The lowest BCUT2D eigenvalue weighted by Crippen LogP contribution is -2.21. The van der Waals surface area contributed by atoms with Gasteiger partial charge in [0.2, 0.25) is 5.95 Å². The molecule has 0 aliphatic rings. The minimum Gasteiger partial charge on any atom is -0.462 e. The molecule has 0 saturated carbocycles. The fraction of sp³-hybridized carbons (Fsp3) is 0.154. The van der Waals surface area contributed by atoms with E-state index in [1.54, 1.807) is 13.0 Å². The van der Waals surface area contributed by atoms with Gasteiger partial charge in [0, 0.05) is 17.8 Å². The van der Waals surface area contributed by atoms with Crippen molar-refractivity contribution in [3.8, 4) is 0 Å². The van der Waals surface area contributed by atoms with E-state index in [4.69, 9.17) is 4.74 Å². The molecule has 1 aromatic heterocycles. The van der Waals surface area contributed by atoms with Crippen LogP contribution in [0, 0.1) is 10.1 Å². The molecule has 0 unspecified atom stereocenters. The number of carbonyl (C=O) groups excluding carboxylic acids is 1. The van der Waals surface area contributed by atoms with Gasteiger partial charge in [-0.15, -0.1) is 0 Å². The van der Waals surface area contributed by atoms with Gasteiger partial charge in [0.1, 0.15) is 5.56 Å². The van der Waals surface area contributed by atoms with Gasteiger partial charge in [-0.25, -0.2) is 9.78 Å². The van der Waals surface area contributed by atoms with Crippen LogP contribution in [0.5, 0.6) is 0 Å². The fourth-order valence-electron chi connectivity index (χ4n) is 1.65. The van der Waals surface area contributed by atoms with Gasteiger partial charge in [-0.1, -0.05) is 6.07 Å². The number of ether oxygens (including phenoxy) is 1. The van der Waals surface area contributed by atoms with Gasteiger partial charge in [-0.3, -0.25) is 19.9 Å². The van der Waals surface area contributed by atoms with Crippen LogP contribution < -0.4 is 10.9 Å². The van der Waals surface area contributed by atoms with Crippen LogP contribution >= 0.6 is 0 Å². The maximum Gasteiger partial charge on any atom is 0.345 e. The topological polar surface area (TPSA) is 127 Å². The number of anilines is 2. The molecule has 1 aromatic carbocycles. The highest BCUT2D eigenvalue weighted by Gasteiger charge is 2.13. The molecule has 2 aromatic rings. The summed E-state index contributed by atoms with van der Waals surface area (Å²) >= 11 is 0. The number of aromatic nitrogens is 2. The number of aromatic amines is 1. The third-order valence-electron chi connectivity index (χ3n) is 2.61. The first-order valence-electron chi connectivity index (χ1n) is 6.29. The van der Waals surface area contributed by atoms with Crippen LogP contribution in [-0.4, -0.2) is 27.5 Å². The summed E-state index contributed by atoms with van der Waals surface area (Å²) in [4.78, 5) is 39.7. The minimum absolute atomic E-state index is 0.0542. The van der Waals surface area contributed by atoms with Gasteiger partial charge >= 0.3 is 5.97 Å². The number of hydrogen-bond donors (Lipinski definition) is 2. The molecule has 22 heavy (non-hydrogen) atoms. The predicted molar refractivity (Wildman–Crippen MR) is 77.2 cm³/mol. The van der Waals surface area contributed by atoms with Crippen molar-refractivity contribution in [3.63, 3.8) is 0 Å². The molecular formula is C13H12N4O5. The molecular weight excluding hydrogens is 292 g/mol. The highest BCUT2D eigenvalue weighted by atomic mass is 16.6. The number of nitrogens with zero attached hydrogens (tertiary/aromatic N) is 2. The summed E-state index contributed by atoms with van der Waals surface area (Å²) in [6, 6.07) is 5.70. The molecule has 2 rings (SSSR count). The van der Waals surface area contributed by atoms with Gasteiger partial charge in [-0.2, -0.15) is 0 Å². The molecule has 0 fully saturated rings. The van der Waals surface area contributed by atoms with Gasteiger partial charge in [0.15, 0.2) is 0 Å². The Morgan fingerprint density at radius 3 is 2.91 bits per heavy atom. The molecule has 9 nitrogen and oxygen atoms in total. The molecule has 0 spiro atoms. The molecule has 0 saturated heterocycles. The van der Waals surface area contributed by atoms with E-state index >= 15 is 0 Å². The molecule has 0 amide bonds. The van der Waals surface area contributed by atoms with E-state index in [1.165, 1.54) is 18.2 Å². The second kappa shape index (κ2) is 6.48. The number of hydrogen-bond acceptors (Lipinski definition) is 7. The summed E-state index contributed by atoms with van der Waals surface area (Å²) in [6.07, 6.45) is 1.08. The lowest BCUT2D eigenvalue weighted by atomic mass is 10.3. The van der Waals surface area contributed by atoms with Gasteiger partial charge in [0.05, 0.1) is 17.7 Å². The van der Waals surface area contributed by atoms with Crippen LogP contribution in [0.1, 0.15) is 17.3 Å². The van der Waals surface area contributed by atoms with Crippen molar-refractivity contribution in [1.29, 1.82) is 0 Å². The summed E-state index contributed by atoms with van der Waals surface area (Å²) < 4.78 is 4.71. The Labute approximate surface area is 124 Å². The van der Waals surface area contributed by atoms with Crippen LogP contribution in [0.15, 0.2) is 35.3 Å². The fourth-order valence-corrected chi connectivity index (χ4v) is 1.65. The first-order valence-corrected chi connectivity index (χ1v) is 6.29. The van der Waals surface area contributed by atoms with E-state index in [9.17, 15) is 19.7 Å². The number of esters is 1. The zero-order valence-electron chi connectivity index (χ0n) is 11.5. The lowest BCUT2D eigenvalue weighted by molar-refractivity contribution is -0.384. The molecule has 1 heterocycles. The van der Waals surface area contributed by atoms with Crippen molar-refractivity contribution in [3.05, 3.63) is 56.5 Å². The predicted octanol–water partition coefficient (Wildman–Crippen LogP) is 1.60. The van der Waals surface area contributed by atoms with Crippen molar-refractivity contribution in [2.75, 3.05) is 11.9 Å². The number of benzene rings is 1. The van der Waals surface area contributed by atoms with E-state index in [2.05, 4.69) is 15.3 Å². The van der Waals surface area contributed by atoms with Crippen molar-refractivity contribution in [2.24, 2.45) is 0 Å². The molecule has 2 N–H and O–H groups in total. The van der Waals surface area contributed by atoms with Crippen LogP contribution in [0.3, 0.4) is 0 Å². The Kier molecular flexibility index (Phi) is 4.47. The first-order chi connectivity index (χ1) is 10.5. The maximum absolute atomic E-state index is 11.8. The number of nitrogens with one attached hydrogen (secondary N) is 2. The Morgan fingerprint density at radius 2 is 2.27 bits per heavy atom. The van der Waals surface area contributed by atoms with Crippen LogP contribution in [-0.2, 0) is 4.74 Å². The van der Waals surface area contributed by atoms with E-state index in [0.29, 0.717) is 5.69 Å². The number of non-ortho nitro benzene ring substituents is 1. The van der Waals surface area contributed by atoms with Crippen LogP contribution in [0.4, 0.5) is 17.3 Å². The number of nitro benzene ring substituents is 1. The smallest absolute Gasteiger partial charge is 0.345 e. The summed E-state index contributed by atoms with van der Waals surface area (Å²) in [5.74, 6) is -0.711. The Hall–Kier alpha value is -3.23. The van der Waals surface area contributed by atoms with Crippen LogP contribution in [0.2, 0.25) is 0 Å². The average molecular weight is 304 g/mol. The van der Waals surface area contributed by atoms with Gasteiger partial charge in [0.25, 0.3) is 11.2 Å². The number of H-pyrrole nitrogens is 1. The third kappa shape index (κ3) is 3.45. The Morgan fingerprint density at radius 1 is 1.50 bits per heavy atom. The zero-order valence-corrected chi connectivity index (χ0v) is 11.5. The molecule has 0 aliphatic heterocycles. The number of rotatable bonds is 5. The standard InChI is InChI=1S/C13H12N4O5/c1-2-22-12(19)10-7-14-13(16-11(10)18)15-8-4-3-5-9(6-8)17(20)21/h3-7H,2H2,1H3,(H2,14,15,16,18). The molecule has 0 aliphatic carbocycles. The zero-order chi connectivity index (χ0) is 16.1. The normalized spacial score (nSPS) is 10.0. The van der Waals surface area contributed by atoms with Crippen molar-refractivity contribution in [2.45, 2.75) is 6.92 Å². The molecule has 114 valence electrons. The largest absolute Gasteiger partial charge is 0.462 e. The minimum atomic E-state index is -0.766. The molecule has 0 atom stereocenters. The maximum atomic E-state index is 11.8. The summed E-state index contributed by atoms with van der Waals surface area (Å²) in [5.41, 5.74) is -0.607. The lowest BCUT2D eigenvalue weighted by Gasteiger charge is -2.06. The average Bonchev–Trinajstić information content (AvgIpc) is 2.47. The van der Waals surface area contributed by atoms with E-state index in [1.807, 2.05) is 0 Å². The number of carbonyl (C=O) groups is 1. The van der Waals surface area contributed by atoms with E-state index in [-0.39, 0.29) is 23.8 Å². The summed E-state index contributed by atoms with van der Waals surface area (Å²) in [6.45, 7) is 1.77. The van der Waals surface area contributed by atoms with Crippen molar-refractivity contribution in [1.82, 2.24) is 9.97 Å². The van der Waals surface area contributed by atoms with E-state index in [0.717, 1.165) is 6.20 Å². The SMILES string of the molecule is CCOC(=O)c1cnc(Nc2cccc([N+](=O)[O-])c2)[nH]c1=O. The Balaban J connectivity index is 2.23. The van der Waals surface area contributed by atoms with E-state index < -0.39 is 16.5 Å².